The number of hydrogen-bond donors (Lipinski definition) is 1. The molecule has 0 aromatic heterocycles. The molecular formula is C12H15BrN2S. The molecule has 1 aromatic carbocycles. The molecule has 0 radical (unpaired) electrons. The van der Waals surface area contributed by atoms with Crippen LogP contribution in [0.2, 0.25) is 0 Å². The van der Waals surface area contributed by atoms with E-state index in [2.05, 4.69) is 52.2 Å². The van der Waals surface area contributed by atoms with Crippen LogP contribution < -0.4 is 5.32 Å². The van der Waals surface area contributed by atoms with Crippen LogP contribution in [0, 0.1) is 6.92 Å². The number of anilines is 1. The maximum atomic E-state index is 4.62. The third-order valence-corrected chi connectivity index (χ3v) is 4.14. The molecule has 86 valence electrons. The minimum atomic E-state index is 0.489. The number of hydrogen-bond acceptors (Lipinski definition) is 3. The summed E-state index contributed by atoms with van der Waals surface area (Å²) in [5, 5.41) is 4.45. The molecule has 0 saturated carbocycles. The Kier molecular flexibility index (Phi) is 3.92. The first-order chi connectivity index (χ1) is 7.69. The standard InChI is InChI=1S/C12H15BrN2S/c1-3-10-7-16-12(14-10)15-11-5-4-9(13)6-8(11)2/h4-6,10H,3,7H2,1-2H3,(H,14,15). The van der Waals surface area contributed by atoms with Crippen molar-refractivity contribution in [3.8, 4) is 0 Å². The van der Waals surface area contributed by atoms with Gasteiger partial charge in [-0.05, 0) is 37.1 Å². The summed E-state index contributed by atoms with van der Waals surface area (Å²) in [6.07, 6.45) is 1.12. The molecule has 0 amide bonds. The van der Waals surface area contributed by atoms with Gasteiger partial charge in [0.15, 0.2) is 5.17 Å². The Morgan fingerprint density at radius 3 is 3.00 bits per heavy atom. The fourth-order valence-electron chi connectivity index (χ4n) is 1.58. The molecule has 16 heavy (non-hydrogen) atoms. The average Bonchev–Trinajstić information content (AvgIpc) is 2.70. The second-order valence-electron chi connectivity index (χ2n) is 3.89. The smallest absolute Gasteiger partial charge is 0.161 e. The van der Waals surface area contributed by atoms with Gasteiger partial charge in [0.1, 0.15) is 0 Å². The van der Waals surface area contributed by atoms with Gasteiger partial charge in [-0.1, -0.05) is 34.6 Å². The Bertz CT molecular complexity index is 417. The Hall–Kier alpha value is -0.480. The fraction of sp³-hybridized carbons (Fsp3) is 0.417. The summed E-state index contributed by atoms with van der Waals surface area (Å²) < 4.78 is 1.11. The number of aliphatic imine (C=N–C) groups is 1. The van der Waals surface area contributed by atoms with Crippen LogP contribution >= 0.6 is 27.7 Å². The highest BCUT2D eigenvalue weighted by atomic mass is 79.9. The van der Waals surface area contributed by atoms with Crippen LogP contribution in [0.1, 0.15) is 18.9 Å². The molecule has 1 heterocycles. The molecular weight excluding hydrogens is 284 g/mol. The normalized spacial score (nSPS) is 19.7. The van der Waals surface area contributed by atoms with Gasteiger partial charge in [-0.15, -0.1) is 0 Å². The number of thioether (sulfide) groups is 1. The van der Waals surface area contributed by atoms with E-state index in [9.17, 15) is 0 Å². The first kappa shape index (κ1) is 12.0. The van der Waals surface area contributed by atoms with Gasteiger partial charge in [-0.2, -0.15) is 0 Å². The van der Waals surface area contributed by atoms with Gasteiger partial charge in [-0.25, -0.2) is 0 Å². The van der Waals surface area contributed by atoms with Crippen LogP contribution in [0.5, 0.6) is 0 Å². The topological polar surface area (TPSA) is 24.4 Å². The van der Waals surface area contributed by atoms with Crippen molar-refractivity contribution in [2.24, 2.45) is 4.99 Å². The van der Waals surface area contributed by atoms with Crippen LogP contribution in [0.4, 0.5) is 5.69 Å². The van der Waals surface area contributed by atoms with Gasteiger partial charge in [0.25, 0.3) is 0 Å². The highest BCUT2D eigenvalue weighted by Gasteiger charge is 2.16. The summed E-state index contributed by atoms with van der Waals surface area (Å²) in [5.74, 6) is 1.11. The molecule has 1 aromatic rings. The van der Waals surface area contributed by atoms with Gasteiger partial charge >= 0.3 is 0 Å². The third kappa shape index (κ3) is 2.80. The summed E-state index contributed by atoms with van der Waals surface area (Å²) in [6, 6.07) is 6.73. The summed E-state index contributed by atoms with van der Waals surface area (Å²) in [5.41, 5.74) is 2.38. The average molecular weight is 299 g/mol. The Morgan fingerprint density at radius 2 is 2.38 bits per heavy atom. The summed E-state index contributed by atoms with van der Waals surface area (Å²) in [6.45, 7) is 4.28. The fourth-order valence-corrected chi connectivity index (χ4v) is 3.12. The molecule has 4 heteroatoms. The minimum Gasteiger partial charge on any atom is -0.335 e. The molecule has 0 aliphatic carbocycles. The van der Waals surface area contributed by atoms with Crippen molar-refractivity contribution in [2.75, 3.05) is 11.1 Å². The number of halogens is 1. The van der Waals surface area contributed by atoms with Gasteiger partial charge in [-0.3, -0.25) is 4.99 Å². The summed E-state index contributed by atoms with van der Waals surface area (Å²) in [4.78, 5) is 4.62. The lowest BCUT2D eigenvalue weighted by Gasteiger charge is -2.08. The van der Waals surface area contributed by atoms with Crippen molar-refractivity contribution in [2.45, 2.75) is 26.3 Å². The van der Waals surface area contributed by atoms with Crippen LogP contribution in [0.25, 0.3) is 0 Å². The van der Waals surface area contributed by atoms with Gasteiger partial charge in [0, 0.05) is 15.9 Å². The van der Waals surface area contributed by atoms with Crippen molar-refractivity contribution in [3.63, 3.8) is 0 Å². The third-order valence-electron chi connectivity index (χ3n) is 2.61. The molecule has 2 rings (SSSR count). The van der Waals surface area contributed by atoms with E-state index >= 15 is 0 Å². The molecule has 2 nitrogen and oxygen atoms in total. The van der Waals surface area contributed by atoms with Gasteiger partial charge in [0.2, 0.25) is 0 Å². The number of nitrogens with zero attached hydrogens (tertiary/aromatic N) is 1. The largest absolute Gasteiger partial charge is 0.335 e. The Morgan fingerprint density at radius 1 is 1.56 bits per heavy atom. The molecule has 1 aliphatic heterocycles. The van der Waals surface area contributed by atoms with Crippen molar-refractivity contribution in [3.05, 3.63) is 28.2 Å². The van der Waals surface area contributed by atoms with E-state index in [1.54, 1.807) is 0 Å². The zero-order valence-corrected chi connectivity index (χ0v) is 11.9. The first-order valence-corrected chi connectivity index (χ1v) is 7.20. The minimum absolute atomic E-state index is 0.489. The Labute approximate surface area is 109 Å². The maximum Gasteiger partial charge on any atom is 0.161 e. The van der Waals surface area contributed by atoms with Crippen molar-refractivity contribution < 1.29 is 0 Å². The highest BCUT2D eigenvalue weighted by molar-refractivity contribution is 9.10. The summed E-state index contributed by atoms with van der Waals surface area (Å²) >= 11 is 5.28. The number of amidine groups is 1. The molecule has 0 fully saturated rings. The highest BCUT2D eigenvalue weighted by Crippen LogP contribution is 2.25. The summed E-state index contributed by atoms with van der Waals surface area (Å²) in [7, 11) is 0. The van der Waals surface area contributed by atoms with E-state index in [4.69, 9.17) is 0 Å². The zero-order valence-electron chi connectivity index (χ0n) is 9.46. The second kappa shape index (κ2) is 5.23. The molecule has 0 bridgehead atoms. The van der Waals surface area contributed by atoms with Crippen LogP contribution in [0.15, 0.2) is 27.7 Å². The van der Waals surface area contributed by atoms with Crippen LogP contribution in [-0.2, 0) is 0 Å². The van der Waals surface area contributed by atoms with Crippen molar-refractivity contribution >= 4 is 38.5 Å². The number of benzene rings is 1. The lowest BCUT2D eigenvalue weighted by molar-refractivity contribution is 0.738. The number of rotatable bonds is 2. The SMILES string of the molecule is CCC1CSC(Nc2ccc(Br)cc2C)=N1. The van der Waals surface area contributed by atoms with E-state index in [1.165, 1.54) is 5.56 Å². The number of aryl methyl sites for hydroxylation is 1. The predicted molar refractivity (Wildman–Crippen MR) is 76.5 cm³/mol. The Balaban J connectivity index is 2.10. The van der Waals surface area contributed by atoms with E-state index in [-0.39, 0.29) is 0 Å². The van der Waals surface area contributed by atoms with Crippen LogP contribution in [0.3, 0.4) is 0 Å². The monoisotopic (exact) mass is 298 g/mol. The molecule has 1 N–H and O–H groups in total. The quantitative estimate of drug-likeness (QED) is 0.891. The molecule has 1 unspecified atom stereocenters. The molecule has 0 spiro atoms. The van der Waals surface area contributed by atoms with Gasteiger partial charge in [0.05, 0.1) is 6.04 Å². The first-order valence-electron chi connectivity index (χ1n) is 5.43. The maximum absolute atomic E-state index is 4.62. The number of nitrogens with one attached hydrogen (secondary N) is 1. The lowest BCUT2D eigenvalue weighted by atomic mass is 10.2. The second-order valence-corrected chi connectivity index (χ2v) is 5.82. The van der Waals surface area contributed by atoms with Crippen molar-refractivity contribution in [1.29, 1.82) is 0 Å². The predicted octanol–water partition coefficient (Wildman–Crippen LogP) is 4.05. The van der Waals surface area contributed by atoms with E-state index in [0.717, 1.165) is 27.5 Å². The molecule has 1 aliphatic rings. The van der Waals surface area contributed by atoms with Crippen molar-refractivity contribution in [1.82, 2.24) is 0 Å². The van der Waals surface area contributed by atoms with E-state index in [1.807, 2.05) is 17.8 Å². The van der Waals surface area contributed by atoms with Crippen LogP contribution in [-0.4, -0.2) is 17.0 Å². The van der Waals surface area contributed by atoms with Gasteiger partial charge < -0.3 is 5.32 Å². The zero-order chi connectivity index (χ0) is 11.5. The van der Waals surface area contributed by atoms with E-state index in [0.29, 0.717) is 6.04 Å². The molecule has 1 atom stereocenters. The molecule has 0 saturated heterocycles. The van der Waals surface area contributed by atoms with E-state index < -0.39 is 0 Å². The lowest BCUT2D eigenvalue weighted by Crippen LogP contribution is -2.06.